The second-order valence-corrected chi connectivity index (χ2v) is 6.81. The molecule has 0 amide bonds. The molecule has 1 aromatic rings. The van der Waals surface area contributed by atoms with Crippen LogP contribution in [0.15, 0.2) is 11.6 Å². The summed E-state index contributed by atoms with van der Waals surface area (Å²) in [6, 6.07) is 3.76. The lowest BCUT2D eigenvalue weighted by molar-refractivity contribution is -0.164. The molecule has 0 radical (unpaired) electrons. The van der Waals surface area contributed by atoms with E-state index >= 15 is 0 Å². The van der Waals surface area contributed by atoms with Crippen molar-refractivity contribution in [2.45, 2.75) is 60.1 Å². The minimum atomic E-state index is -0.839. The molecular formula is C19H26N2O4. The van der Waals surface area contributed by atoms with Gasteiger partial charge in [0.2, 0.25) is 0 Å². The van der Waals surface area contributed by atoms with Gasteiger partial charge in [0.05, 0.1) is 0 Å². The molecule has 0 bridgehead atoms. The molecule has 6 heteroatoms. The molecule has 1 aromatic heterocycles. The quantitative estimate of drug-likeness (QED) is 0.448. The number of aromatic nitrogens is 1. The molecule has 1 rings (SSSR count). The van der Waals surface area contributed by atoms with Gasteiger partial charge in [-0.2, -0.15) is 5.26 Å². The van der Waals surface area contributed by atoms with Crippen molar-refractivity contribution in [3.8, 4) is 6.07 Å². The van der Waals surface area contributed by atoms with E-state index < -0.39 is 24.1 Å². The highest BCUT2D eigenvalue weighted by molar-refractivity contribution is 5.98. The summed E-state index contributed by atoms with van der Waals surface area (Å²) in [5.41, 5.74) is 2.02. The molecule has 25 heavy (non-hydrogen) atoms. The first kappa shape index (κ1) is 20.5. The Balaban J connectivity index is 2.87. The van der Waals surface area contributed by atoms with E-state index in [1.807, 2.05) is 26.0 Å². The Bertz CT molecular complexity index is 715. The number of ether oxygens (including phenoxy) is 2. The van der Waals surface area contributed by atoms with Crippen LogP contribution >= 0.6 is 0 Å². The van der Waals surface area contributed by atoms with E-state index in [0.717, 1.165) is 29.9 Å². The summed E-state index contributed by atoms with van der Waals surface area (Å²) < 4.78 is 12.1. The normalized spacial score (nSPS) is 11.8. The number of carbonyl (C=O) groups is 2. The predicted molar refractivity (Wildman–Crippen MR) is 94.6 cm³/mol. The number of nitriles is 1. The molecule has 136 valence electrons. The van der Waals surface area contributed by atoms with Crippen LogP contribution in [0.2, 0.25) is 0 Å². The van der Waals surface area contributed by atoms with Crippen LogP contribution in [-0.2, 0) is 25.6 Å². The molecule has 0 N–H and O–H groups in total. The summed E-state index contributed by atoms with van der Waals surface area (Å²) in [4.78, 5) is 23.7. The highest BCUT2D eigenvalue weighted by Gasteiger charge is 2.19. The van der Waals surface area contributed by atoms with E-state index in [-0.39, 0.29) is 5.57 Å². The maximum absolute atomic E-state index is 12.0. The fraction of sp³-hybridized carbons (Fsp3) is 0.526. The Morgan fingerprint density at radius 3 is 2.48 bits per heavy atom. The molecule has 0 saturated heterocycles. The predicted octanol–water partition coefficient (Wildman–Crippen LogP) is 3.31. The number of hydrogen-bond acceptors (Lipinski definition) is 5. The van der Waals surface area contributed by atoms with E-state index in [2.05, 4.69) is 11.5 Å². The van der Waals surface area contributed by atoms with Crippen molar-refractivity contribution < 1.29 is 19.1 Å². The van der Waals surface area contributed by atoms with Crippen LogP contribution in [0.1, 0.15) is 51.1 Å². The second-order valence-electron chi connectivity index (χ2n) is 6.81. The molecule has 1 heterocycles. The van der Waals surface area contributed by atoms with Gasteiger partial charge in [0.25, 0.3) is 0 Å². The third-order valence-corrected chi connectivity index (χ3v) is 3.44. The summed E-state index contributed by atoms with van der Waals surface area (Å²) in [7, 11) is 0. The minimum absolute atomic E-state index is 0.152. The molecular weight excluding hydrogens is 320 g/mol. The van der Waals surface area contributed by atoms with Crippen LogP contribution in [0.3, 0.4) is 0 Å². The van der Waals surface area contributed by atoms with Gasteiger partial charge in [-0.25, -0.2) is 9.59 Å². The van der Waals surface area contributed by atoms with Gasteiger partial charge in [-0.1, -0.05) is 6.92 Å². The summed E-state index contributed by atoms with van der Waals surface area (Å²) >= 11 is 0. The van der Waals surface area contributed by atoms with Crippen molar-refractivity contribution in [3.63, 3.8) is 0 Å². The number of rotatable bonds is 6. The molecule has 0 atom stereocenters. The van der Waals surface area contributed by atoms with Crippen molar-refractivity contribution in [3.05, 3.63) is 28.6 Å². The number of esters is 2. The van der Waals surface area contributed by atoms with Crippen molar-refractivity contribution in [2.24, 2.45) is 0 Å². The lowest BCUT2D eigenvalue weighted by Crippen LogP contribution is -2.27. The second kappa shape index (κ2) is 8.52. The molecule has 0 aromatic carbocycles. The molecule has 0 unspecified atom stereocenters. The van der Waals surface area contributed by atoms with Gasteiger partial charge < -0.3 is 14.0 Å². The topological polar surface area (TPSA) is 81.3 Å². The van der Waals surface area contributed by atoms with Crippen molar-refractivity contribution in [1.82, 2.24) is 4.57 Å². The molecule has 0 aliphatic carbocycles. The van der Waals surface area contributed by atoms with Gasteiger partial charge in [-0.15, -0.1) is 0 Å². The zero-order valence-corrected chi connectivity index (χ0v) is 15.8. The van der Waals surface area contributed by atoms with Crippen molar-refractivity contribution in [2.75, 3.05) is 6.61 Å². The molecule has 0 spiro atoms. The molecule has 6 nitrogen and oxygen atoms in total. The van der Waals surface area contributed by atoms with E-state index in [4.69, 9.17) is 9.47 Å². The van der Waals surface area contributed by atoms with Gasteiger partial charge in [0, 0.05) is 17.9 Å². The summed E-state index contributed by atoms with van der Waals surface area (Å²) in [5.74, 6) is -1.49. The number of aryl methyl sites for hydroxylation is 1. The van der Waals surface area contributed by atoms with Crippen LogP contribution in [0.25, 0.3) is 6.08 Å². The third-order valence-electron chi connectivity index (χ3n) is 3.44. The summed E-state index contributed by atoms with van der Waals surface area (Å²) in [6.07, 6.45) is 2.48. The van der Waals surface area contributed by atoms with E-state index in [1.165, 1.54) is 6.08 Å². The SMILES string of the molecule is CCCn1c(C)cc(C=C(C#N)C(=O)OCC(=O)OC(C)(C)C)c1C. The summed E-state index contributed by atoms with van der Waals surface area (Å²) in [5, 5.41) is 9.24. The van der Waals surface area contributed by atoms with Crippen LogP contribution < -0.4 is 0 Å². The van der Waals surface area contributed by atoms with Crippen molar-refractivity contribution >= 4 is 18.0 Å². The van der Waals surface area contributed by atoms with Gasteiger partial charge >= 0.3 is 11.9 Å². The van der Waals surface area contributed by atoms with Gasteiger partial charge in [-0.05, 0) is 58.7 Å². The molecule has 0 saturated carbocycles. The minimum Gasteiger partial charge on any atom is -0.457 e. The standard InChI is InChI=1S/C19H26N2O4/c1-7-8-21-13(2)9-15(14(21)3)10-16(11-20)18(23)24-12-17(22)25-19(4,5)6/h9-10H,7-8,12H2,1-6H3. The fourth-order valence-corrected chi connectivity index (χ4v) is 2.41. The molecule has 0 fully saturated rings. The van der Waals surface area contributed by atoms with Gasteiger partial charge in [-0.3, -0.25) is 0 Å². The average molecular weight is 346 g/mol. The van der Waals surface area contributed by atoms with Crippen LogP contribution in [0.4, 0.5) is 0 Å². The van der Waals surface area contributed by atoms with Gasteiger partial charge in [0.15, 0.2) is 6.61 Å². The maximum Gasteiger partial charge on any atom is 0.349 e. The Morgan fingerprint density at radius 1 is 1.32 bits per heavy atom. The monoisotopic (exact) mass is 346 g/mol. The highest BCUT2D eigenvalue weighted by atomic mass is 16.6. The molecule has 0 aliphatic heterocycles. The van der Waals surface area contributed by atoms with E-state index in [0.29, 0.717) is 0 Å². The zero-order chi connectivity index (χ0) is 19.2. The lowest BCUT2D eigenvalue weighted by atomic mass is 10.1. The molecule has 0 aliphatic rings. The van der Waals surface area contributed by atoms with E-state index in [9.17, 15) is 14.9 Å². The Morgan fingerprint density at radius 2 is 1.96 bits per heavy atom. The van der Waals surface area contributed by atoms with Crippen LogP contribution in [0, 0.1) is 25.2 Å². The lowest BCUT2D eigenvalue weighted by Gasteiger charge is -2.19. The average Bonchev–Trinajstić information content (AvgIpc) is 2.76. The van der Waals surface area contributed by atoms with Crippen molar-refractivity contribution in [1.29, 1.82) is 5.26 Å². The Hall–Kier alpha value is -2.55. The Kier molecular flexibility index (Phi) is 6.98. The zero-order valence-electron chi connectivity index (χ0n) is 15.8. The summed E-state index contributed by atoms with van der Waals surface area (Å²) in [6.45, 7) is 11.5. The van der Waals surface area contributed by atoms with Crippen LogP contribution in [-0.4, -0.2) is 28.7 Å². The Labute approximate surface area is 149 Å². The van der Waals surface area contributed by atoms with Gasteiger partial charge in [0.1, 0.15) is 17.2 Å². The van der Waals surface area contributed by atoms with Crippen LogP contribution in [0.5, 0.6) is 0 Å². The largest absolute Gasteiger partial charge is 0.457 e. The third kappa shape index (κ3) is 6.11. The first-order valence-corrected chi connectivity index (χ1v) is 8.26. The smallest absolute Gasteiger partial charge is 0.349 e. The first-order chi connectivity index (χ1) is 11.6. The highest BCUT2D eigenvalue weighted by Crippen LogP contribution is 2.19. The number of hydrogen-bond donors (Lipinski definition) is 0. The first-order valence-electron chi connectivity index (χ1n) is 8.26. The number of nitrogens with zero attached hydrogens (tertiary/aromatic N) is 2. The fourth-order valence-electron chi connectivity index (χ4n) is 2.41. The number of carbonyl (C=O) groups excluding carboxylic acids is 2. The van der Waals surface area contributed by atoms with E-state index in [1.54, 1.807) is 20.8 Å². The maximum atomic E-state index is 12.0.